The van der Waals surface area contributed by atoms with Crippen molar-refractivity contribution in [1.29, 1.82) is 0 Å². The van der Waals surface area contributed by atoms with Crippen LogP contribution in [0.25, 0.3) is 0 Å². The summed E-state index contributed by atoms with van der Waals surface area (Å²) in [5.74, 6) is 0. The fourth-order valence-electron chi connectivity index (χ4n) is 4.11. The van der Waals surface area contributed by atoms with Gasteiger partial charge in [0.2, 0.25) is 0 Å². The molecule has 30 heavy (non-hydrogen) atoms. The fourth-order valence-corrected chi connectivity index (χ4v) is 14.4. The van der Waals surface area contributed by atoms with Crippen molar-refractivity contribution in [3.05, 3.63) is 91.0 Å². The molecule has 3 aromatic rings. The number of benzene rings is 3. The Morgan fingerprint density at radius 1 is 0.733 bits per heavy atom. The highest BCUT2D eigenvalue weighted by atomic mass is 28.4. The monoisotopic (exact) mass is 450 g/mol. The van der Waals surface area contributed by atoms with Crippen LogP contribution in [0.4, 0.5) is 0 Å². The van der Waals surface area contributed by atoms with Gasteiger partial charge in [0.1, 0.15) is 0 Å². The third kappa shape index (κ3) is 5.68. The van der Waals surface area contributed by atoms with E-state index >= 15 is 0 Å². The molecule has 0 spiro atoms. The zero-order chi connectivity index (χ0) is 21.7. The van der Waals surface area contributed by atoms with Gasteiger partial charge in [-0.2, -0.15) is 0 Å². The van der Waals surface area contributed by atoms with E-state index in [0.29, 0.717) is 0 Å². The van der Waals surface area contributed by atoms with Crippen LogP contribution in [0.15, 0.2) is 91.0 Å². The summed E-state index contributed by atoms with van der Waals surface area (Å²) in [6, 6.07) is 34.4. The van der Waals surface area contributed by atoms with Gasteiger partial charge in [-0.05, 0) is 48.5 Å². The SMILES string of the molecule is CC(C)(O[Si](c1ccccc1)(c1ccccc1)c1ccccc1)[SiH2]CC[Si](C)(C)O. The molecule has 2 nitrogen and oxygen atoms in total. The van der Waals surface area contributed by atoms with Gasteiger partial charge in [0.15, 0.2) is 8.32 Å². The van der Waals surface area contributed by atoms with E-state index in [1.54, 1.807) is 0 Å². The van der Waals surface area contributed by atoms with Crippen molar-refractivity contribution in [3.8, 4) is 0 Å². The molecule has 0 radical (unpaired) electrons. The summed E-state index contributed by atoms with van der Waals surface area (Å²) in [4.78, 5) is 10.3. The molecule has 0 aromatic heterocycles. The van der Waals surface area contributed by atoms with Gasteiger partial charge in [-0.15, -0.1) is 0 Å². The molecule has 1 N–H and O–H groups in total. The van der Waals surface area contributed by atoms with E-state index in [-0.39, 0.29) is 5.22 Å². The zero-order valence-electron chi connectivity index (χ0n) is 18.6. The number of hydrogen-bond donors (Lipinski definition) is 1. The highest BCUT2D eigenvalue weighted by Crippen LogP contribution is 2.21. The maximum atomic E-state index is 10.3. The quantitative estimate of drug-likeness (QED) is 0.401. The van der Waals surface area contributed by atoms with E-state index in [9.17, 15) is 4.80 Å². The van der Waals surface area contributed by atoms with E-state index in [1.165, 1.54) is 15.6 Å². The molecule has 0 saturated heterocycles. The van der Waals surface area contributed by atoms with Crippen LogP contribution in [-0.2, 0) is 4.43 Å². The Hall–Kier alpha value is -1.77. The molecule has 0 bridgehead atoms. The van der Waals surface area contributed by atoms with E-state index in [2.05, 4.69) is 105 Å². The summed E-state index contributed by atoms with van der Waals surface area (Å²) in [5.41, 5.74) is 0. The van der Waals surface area contributed by atoms with Gasteiger partial charge in [-0.3, -0.25) is 0 Å². The van der Waals surface area contributed by atoms with Gasteiger partial charge in [0.25, 0.3) is 8.32 Å². The second-order valence-electron chi connectivity index (χ2n) is 9.31. The second kappa shape index (κ2) is 9.58. The summed E-state index contributed by atoms with van der Waals surface area (Å²) in [6.07, 6.45) is 0. The average molecular weight is 451 g/mol. The third-order valence-corrected chi connectivity index (χ3v) is 14.5. The molecule has 3 aromatic carbocycles. The standard InChI is InChI=1S/C25H34O2Si3/c1-25(2,28-20-21-29(3,4)26)27-30(22-14-8-5-9-15-22,23-16-10-6-11-17-23)24-18-12-7-13-19-24/h5-19,26H,20-21,28H2,1-4H3. The van der Waals surface area contributed by atoms with E-state index in [0.717, 1.165) is 12.1 Å². The lowest BCUT2D eigenvalue weighted by Gasteiger charge is -2.41. The Morgan fingerprint density at radius 3 is 1.43 bits per heavy atom. The predicted octanol–water partition coefficient (Wildman–Crippen LogP) is 3.19. The molecule has 0 aliphatic heterocycles. The van der Waals surface area contributed by atoms with Gasteiger partial charge in [-0.25, -0.2) is 0 Å². The van der Waals surface area contributed by atoms with Crippen molar-refractivity contribution >= 4 is 41.7 Å². The first-order valence-corrected chi connectivity index (χ1v) is 17.6. The minimum Gasteiger partial charge on any atom is -0.432 e. The molecule has 0 unspecified atom stereocenters. The Labute approximate surface area is 186 Å². The van der Waals surface area contributed by atoms with E-state index < -0.39 is 26.2 Å². The summed E-state index contributed by atoms with van der Waals surface area (Å²) in [6.45, 7) is 8.60. The molecule has 0 atom stereocenters. The molecule has 0 aliphatic rings. The summed E-state index contributed by atoms with van der Waals surface area (Å²) in [7, 11) is -5.24. The van der Waals surface area contributed by atoms with Crippen LogP contribution >= 0.6 is 0 Å². The lowest BCUT2D eigenvalue weighted by molar-refractivity contribution is 0.194. The molecular weight excluding hydrogens is 417 g/mol. The Balaban J connectivity index is 2.09. The molecule has 158 valence electrons. The molecule has 0 amide bonds. The van der Waals surface area contributed by atoms with Crippen molar-refractivity contribution in [2.45, 2.75) is 44.3 Å². The maximum Gasteiger partial charge on any atom is 0.288 e. The largest absolute Gasteiger partial charge is 0.432 e. The van der Waals surface area contributed by atoms with Crippen LogP contribution in [0.3, 0.4) is 0 Å². The van der Waals surface area contributed by atoms with Crippen molar-refractivity contribution in [2.75, 3.05) is 0 Å². The van der Waals surface area contributed by atoms with Crippen LogP contribution in [-0.4, -0.2) is 36.2 Å². The van der Waals surface area contributed by atoms with Gasteiger partial charge >= 0.3 is 0 Å². The van der Waals surface area contributed by atoms with Crippen LogP contribution in [0.1, 0.15) is 13.8 Å². The topological polar surface area (TPSA) is 29.5 Å². The first kappa shape index (κ1) is 22.9. The Morgan fingerprint density at radius 2 is 1.10 bits per heavy atom. The van der Waals surface area contributed by atoms with Crippen LogP contribution in [0, 0.1) is 0 Å². The van der Waals surface area contributed by atoms with Crippen molar-refractivity contribution in [3.63, 3.8) is 0 Å². The minimum absolute atomic E-state index is 0.173. The fraction of sp³-hybridized carbons (Fsp3) is 0.280. The molecule has 0 fully saturated rings. The molecule has 3 rings (SSSR count). The van der Waals surface area contributed by atoms with Crippen molar-refractivity contribution in [1.82, 2.24) is 0 Å². The molecular formula is C25H34O2Si3. The highest BCUT2D eigenvalue weighted by molar-refractivity contribution is 7.07. The molecule has 0 saturated carbocycles. The summed E-state index contributed by atoms with van der Waals surface area (Å²) >= 11 is 0. The highest BCUT2D eigenvalue weighted by Gasteiger charge is 2.45. The van der Waals surface area contributed by atoms with Crippen LogP contribution < -0.4 is 15.6 Å². The molecule has 0 aliphatic carbocycles. The van der Waals surface area contributed by atoms with Crippen LogP contribution in [0.2, 0.25) is 25.2 Å². The summed E-state index contributed by atoms with van der Waals surface area (Å²) < 4.78 is 7.33. The second-order valence-corrected chi connectivity index (χ2v) is 19.6. The lowest BCUT2D eigenvalue weighted by Crippen LogP contribution is -2.72. The van der Waals surface area contributed by atoms with Crippen molar-refractivity contribution < 1.29 is 9.22 Å². The minimum atomic E-state index is -2.67. The smallest absolute Gasteiger partial charge is 0.288 e. The van der Waals surface area contributed by atoms with E-state index in [4.69, 9.17) is 4.43 Å². The van der Waals surface area contributed by atoms with Gasteiger partial charge in [0.05, 0.1) is 9.52 Å². The van der Waals surface area contributed by atoms with Crippen LogP contribution in [0.5, 0.6) is 0 Å². The normalized spacial score (nSPS) is 13.1. The molecule has 5 heteroatoms. The number of hydrogen-bond acceptors (Lipinski definition) is 2. The Bertz CT molecular complexity index is 811. The Kier molecular flexibility index (Phi) is 7.31. The lowest BCUT2D eigenvalue weighted by atomic mass is 10.3. The third-order valence-electron chi connectivity index (χ3n) is 5.54. The predicted molar refractivity (Wildman–Crippen MR) is 137 cm³/mol. The molecule has 0 heterocycles. The van der Waals surface area contributed by atoms with E-state index in [1.807, 2.05) is 13.1 Å². The zero-order valence-corrected chi connectivity index (χ0v) is 22.1. The van der Waals surface area contributed by atoms with Crippen molar-refractivity contribution in [2.24, 2.45) is 0 Å². The van der Waals surface area contributed by atoms with Gasteiger partial charge in [0, 0.05) is 5.22 Å². The van der Waals surface area contributed by atoms with Gasteiger partial charge in [-0.1, -0.05) is 97.0 Å². The first-order valence-electron chi connectivity index (χ1n) is 10.8. The summed E-state index contributed by atoms with van der Waals surface area (Å²) in [5, 5.41) is 3.66. The average Bonchev–Trinajstić information content (AvgIpc) is 2.73. The van der Waals surface area contributed by atoms with Gasteiger partial charge < -0.3 is 9.22 Å². The number of rotatable bonds is 9. The maximum absolute atomic E-state index is 10.3. The first-order chi connectivity index (χ1) is 14.2.